The number of dihydropyridines is 1. The van der Waals surface area contributed by atoms with Crippen molar-refractivity contribution in [3.05, 3.63) is 36.7 Å². The van der Waals surface area contributed by atoms with Crippen molar-refractivity contribution in [1.29, 1.82) is 0 Å². The number of primary amides is 1. The molecule has 5 N–H and O–H groups in total. The lowest BCUT2D eigenvalue weighted by Crippen LogP contribution is -2.66. The molecule has 0 saturated heterocycles. The number of rotatable bonds is 2. The molecule has 0 aromatic rings. The average molecular weight is 206 g/mol. The molecule has 0 saturated carbocycles. The molecular weight excluding hydrogens is 192 g/mol. The molecule has 0 radical (unpaired) electrons. The lowest BCUT2D eigenvalue weighted by atomic mass is 9.85. The van der Waals surface area contributed by atoms with Crippen LogP contribution in [0.3, 0.4) is 0 Å². The van der Waals surface area contributed by atoms with E-state index in [9.17, 15) is 4.79 Å². The van der Waals surface area contributed by atoms with E-state index in [1.165, 1.54) is 0 Å². The van der Waals surface area contributed by atoms with Crippen LogP contribution in [0.25, 0.3) is 0 Å². The number of hydrogen-bond donors (Lipinski definition) is 4. The molecule has 0 aliphatic carbocycles. The highest BCUT2D eigenvalue weighted by atomic mass is 16.1. The summed E-state index contributed by atoms with van der Waals surface area (Å²) < 4.78 is 0. The normalized spacial score (nSPS) is 33.2. The molecule has 0 aromatic carbocycles. The van der Waals surface area contributed by atoms with Crippen molar-refractivity contribution in [1.82, 2.24) is 16.2 Å². The number of amides is 1. The zero-order chi connectivity index (χ0) is 10.7. The highest BCUT2D eigenvalue weighted by Crippen LogP contribution is 2.19. The molecule has 0 aromatic heterocycles. The lowest BCUT2D eigenvalue weighted by Gasteiger charge is -2.38. The summed E-state index contributed by atoms with van der Waals surface area (Å²) in [5.74, 6) is -0.391. The van der Waals surface area contributed by atoms with Crippen LogP contribution < -0.4 is 21.9 Å². The molecule has 0 fully saturated rings. The van der Waals surface area contributed by atoms with Crippen molar-refractivity contribution >= 4 is 5.91 Å². The molecule has 80 valence electrons. The van der Waals surface area contributed by atoms with E-state index in [0.29, 0.717) is 0 Å². The minimum absolute atomic E-state index is 0.0961. The molecule has 1 amide bonds. The Morgan fingerprint density at radius 2 is 2.27 bits per heavy atom. The summed E-state index contributed by atoms with van der Waals surface area (Å²) in [4.78, 5) is 11.6. The fourth-order valence-corrected chi connectivity index (χ4v) is 1.81. The van der Waals surface area contributed by atoms with Crippen molar-refractivity contribution < 1.29 is 4.79 Å². The maximum absolute atomic E-state index is 11.6. The first-order valence-electron chi connectivity index (χ1n) is 4.84. The van der Waals surface area contributed by atoms with Crippen LogP contribution in [0.1, 0.15) is 6.42 Å². The fraction of sp³-hybridized carbons (Fsp3) is 0.300. The van der Waals surface area contributed by atoms with Crippen molar-refractivity contribution in [3.63, 3.8) is 0 Å². The summed E-state index contributed by atoms with van der Waals surface area (Å²) in [7, 11) is 0. The predicted molar refractivity (Wildman–Crippen MR) is 57.2 cm³/mol. The van der Waals surface area contributed by atoms with E-state index in [4.69, 9.17) is 5.73 Å². The molecule has 2 heterocycles. The summed E-state index contributed by atoms with van der Waals surface area (Å²) in [6, 6.07) is -0.0961. The van der Waals surface area contributed by atoms with Gasteiger partial charge in [0.2, 0.25) is 5.91 Å². The van der Waals surface area contributed by atoms with Crippen molar-refractivity contribution in [2.45, 2.75) is 18.0 Å². The van der Waals surface area contributed by atoms with E-state index < -0.39 is 11.4 Å². The summed E-state index contributed by atoms with van der Waals surface area (Å²) in [5.41, 5.74) is 10.5. The zero-order valence-corrected chi connectivity index (χ0v) is 8.23. The number of hydrazine groups is 1. The molecule has 0 bridgehead atoms. The number of carbonyl (C=O) groups excluding carboxylic acids is 1. The van der Waals surface area contributed by atoms with E-state index >= 15 is 0 Å². The lowest BCUT2D eigenvalue weighted by molar-refractivity contribution is -0.123. The number of hydrogen-bond acceptors (Lipinski definition) is 4. The van der Waals surface area contributed by atoms with Gasteiger partial charge < -0.3 is 16.5 Å². The monoisotopic (exact) mass is 206 g/mol. The van der Waals surface area contributed by atoms with Crippen LogP contribution in [-0.4, -0.2) is 17.5 Å². The second-order valence-corrected chi connectivity index (χ2v) is 3.58. The van der Waals surface area contributed by atoms with E-state index in [0.717, 1.165) is 6.42 Å². The molecule has 2 rings (SSSR count). The maximum Gasteiger partial charge on any atom is 0.248 e. The Morgan fingerprint density at radius 3 is 2.80 bits per heavy atom. The number of carbonyl (C=O) groups is 1. The average Bonchev–Trinajstić information content (AvgIpc) is 2.31. The van der Waals surface area contributed by atoms with Gasteiger partial charge in [-0.25, -0.2) is 5.43 Å². The zero-order valence-electron chi connectivity index (χ0n) is 8.23. The Balaban J connectivity index is 2.26. The van der Waals surface area contributed by atoms with E-state index in [-0.39, 0.29) is 6.04 Å². The number of nitrogens with one attached hydrogen (secondary N) is 3. The number of allylic oxidation sites excluding steroid dienone is 2. The van der Waals surface area contributed by atoms with Crippen molar-refractivity contribution in [2.24, 2.45) is 5.73 Å². The minimum Gasteiger partial charge on any atom is -0.373 e. The van der Waals surface area contributed by atoms with Crippen LogP contribution >= 0.6 is 0 Å². The van der Waals surface area contributed by atoms with Crippen LogP contribution in [0.15, 0.2) is 36.7 Å². The largest absolute Gasteiger partial charge is 0.373 e. The smallest absolute Gasteiger partial charge is 0.248 e. The Labute approximate surface area is 88.1 Å². The molecule has 2 unspecified atom stereocenters. The third-order valence-electron chi connectivity index (χ3n) is 2.68. The van der Waals surface area contributed by atoms with Gasteiger partial charge in [-0.05, 0) is 24.8 Å². The molecule has 0 spiro atoms. The summed E-state index contributed by atoms with van der Waals surface area (Å²) in [5, 5.41) is 3.02. The highest BCUT2D eigenvalue weighted by molar-refractivity contribution is 5.88. The van der Waals surface area contributed by atoms with Gasteiger partial charge in [-0.3, -0.25) is 4.79 Å². The Morgan fingerprint density at radius 1 is 1.40 bits per heavy atom. The molecule has 2 atom stereocenters. The van der Waals surface area contributed by atoms with Gasteiger partial charge in [0.05, 0.1) is 6.04 Å². The third kappa shape index (κ3) is 1.61. The van der Waals surface area contributed by atoms with Gasteiger partial charge in [-0.15, -0.1) is 0 Å². The van der Waals surface area contributed by atoms with Gasteiger partial charge in [0.25, 0.3) is 0 Å². The topological polar surface area (TPSA) is 79.2 Å². The minimum atomic E-state index is -0.855. The fourth-order valence-electron chi connectivity index (χ4n) is 1.81. The highest BCUT2D eigenvalue weighted by Gasteiger charge is 2.42. The standard InChI is InChI=1S/C10H14N4O/c11-9(15)10(5-1-2-6-12-10)8-4-3-7-13-14-8/h1-3,5-8,12-14H,4H2,(H2,11,15). The molecule has 15 heavy (non-hydrogen) atoms. The van der Waals surface area contributed by atoms with Crippen molar-refractivity contribution in [3.8, 4) is 0 Å². The van der Waals surface area contributed by atoms with E-state index in [1.807, 2.05) is 18.2 Å². The van der Waals surface area contributed by atoms with Gasteiger partial charge in [-0.2, -0.15) is 0 Å². The van der Waals surface area contributed by atoms with Crippen LogP contribution in [0, 0.1) is 0 Å². The predicted octanol–water partition coefficient (Wildman–Crippen LogP) is -0.736. The first-order chi connectivity index (χ1) is 7.26. The second-order valence-electron chi connectivity index (χ2n) is 3.58. The van der Waals surface area contributed by atoms with Crippen LogP contribution in [0.4, 0.5) is 0 Å². The van der Waals surface area contributed by atoms with Gasteiger partial charge >= 0.3 is 0 Å². The molecular formula is C10H14N4O. The SMILES string of the molecule is NC(=O)C1(C2CC=CNN2)C=CC=CN1. The van der Waals surface area contributed by atoms with E-state index in [1.54, 1.807) is 18.5 Å². The number of nitrogens with two attached hydrogens (primary N) is 1. The second kappa shape index (κ2) is 3.78. The van der Waals surface area contributed by atoms with Crippen molar-refractivity contribution in [2.75, 3.05) is 0 Å². The van der Waals surface area contributed by atoms with Gasteiger partial charge in [0, 0.05) is 6.20 Å². The van der Waals surface area contributed by atoms with Gasteiger partial charge in [0.1, 0.15) is 0 Å². The van der Waals surface area contributed by atoms with Crippen LogP contribution in [-0.2, 0) is 4.79 Å². The van der Waals surface area contributed by atoms with Crippen LogP contribution in [0.2, 0.25) is 0 Å². The first-order valence-corrected chi connectivity index (χ1v) is 4.84. The Kier molecular flexibility index (Phi) is 2.47. The summed E-state index contributed by atoms with van der Waals surface area (Å²) in [6.07, 6.45) is 11.7. The molecule has 5 nitrogen and oxygen atoms in total. The third-order valence-corrected chi connectivity index (χ3v) is 2.68. The first kappa shape index (κ1) is 9.79. The maximum atomic E-state index is 11.6. The molecule has 5 heteroatoms. The Bertz CT molecular complexity index is 347. The van der Waals surface area contributed by atoms with E-state index in [2.05, 4.69) is 16.2 Å². The van der Waals surface area contributed by atoms with Gasteiger partial charge in [0.15, 0.2) is 5.54 Å². The Hall–Kier alpha value is -1.75. The van der Waals surface area contributed by atoms with Gasteiger partial charge in [-0.1, -0.05) is 12.2 Å². The summed E-state index contributed by atoms with van der Waals surface area (Å²) >= 11 is 0. The molecule has 2 aliphatic heterocycles. The molecule has 2 aliphatic rings. The quantitative estimate of drug-likeness (QED) is 0.480. The summed E-state index contributed by atoms with van der Waals surface area (Å²) in [6.45, 7) is 0. The van der Waals surface area contributed by atoms with Crippen LogP contribution in [0.5, 0.6) is 0 Å².